The number of benzene rings is 1. The van der Waals surface area contributed by atoms with Gasteiger partial charge in [-0.05, 0) is 31.4 Å². The molecule has 0 atom stereocenters. The molecular weight excluding hydrogens is 186 g/mol. The molecule has 1 saturated heterocycles. The largest absolute Gasteiger partial charge is 0.497 e. The van der Waals surface area contributed by atoms with Gasteiger partial charge in [0.15, 0.2) is 0 Å². The Balaban J connectivity index is 2.20. The van der Waals surface area contributed by atoms with E-state index in [0.717, 1.165) is 10.2 Å². The second-order valence-electron chi connectivity index (χ2n) is 4.60. The van der Waals surface area contributed by atoms with Crippen molar-refractivity contribution in [2.45, 2.75) is 19.3 Å². The highest BCUT2D eigenvalue weighted by Gasteiger charge is 2.27. The molecule has 82 valence electrons. The standard InChI is InChI=1S/C13H20NO/c1-14(10-4-3-5-11-14)12-6-8-13(15-2)9-7-12/h6-9H,3-5,10-11H2,1-2H3/q+1. The van der Waals surface area contributed by atoms with Crippen molar-refractivity contribution >= 4 is 5.69 Å². The molecule has 2 rings (SSSR count). The van der Waals surface area contributed by atoms with E-state index in [0.29, 0.717) is 0 Å². The summed E-state index contributed by atoms with van der Waals surface area (Å²) in [5.41, 5.74) is 1.41. The lowest BCUT2D eigenvalue weighted by Gasteiger charge is -2.37. The van der Waals surface area contributed by atoms with E-state index < -0.39 is 0 Å². The van der Waals surface area contributed by atoms with Gasteiger partial charge in [0.2, 0.25) is 0 Å². The van der Waals surface area contributed by atoms with Crippen molar-refractivity contribution in [1.82, 2.24) is 4.48 Å². The van der Waals surface area contributed by atoms with Crippen molar-refractivity contribution in [2.24, 2.45) is 0 Å². The zero-order valence-electron chi connectivity index (χ0n) is 9.70. The maximum atomic E-state index is 5.18. The molecule has 1 aliphatic heterocycles. The van der Waals surface area contributed by atoms with Crippen LogP contribution in [0.2, 0.25) is 0 Å². The van der Waals surface area contributed by atoms with E-state index in [-0.39, 0.29) is 0 Å². The van der Waals surface area contributed by atoms with E-state index in [1.165, 1.54) is 38.0 Å². The third-order valence-corrected chi connectivity index (χ3v) is 3.50. The highest BCUT2D eigenvalue weighted by Crippen LogP contribution is 2.27. The Morgan fingerprint density at radius 2 is 1.60 bits per heavy atom. The van der Waals surface area contributed by atoms with Crippen LogP contribution in [0.25, 0.3) is 0 Å². The zero-order valence-corrected chi connectivity index (χ0v) is 9.70. The number of methoxy groups -OCH3 is 1. The van der Waals surface area contributed by atoms with Crippen molar-refractivity contribution in [3.63, 3.8) is 0 Å². The number of ether oxygens (including phenoxy) is 1. The van der Waals surface area contributed by atoms with E-state index in [2.05, 4.69) is 31.3 Å². The third-order valence-electron chi connectivity index (χ3n) is 3.50. The Morgan fingerprint density at radius 1 is 1.00 bits per heavy atom. The van der Waals surface area contributed by atoms with Gasteiger partial charge in [-0.2, -0.15) is 0 Å². The molecule has 0 N–H and O–H groups in total. The van der Waals surface area contributed by atoms with Crippen LogP contribution in [0.4, 0.5) is 5.69 Å². The van der Waals surface area contributed by atoms with Crippen molar-refractivity contribution in [3.8, 4) is 5.75 Å². The summed E-state index contributed by atoms with van der Waals surface area (Å²) in [5.74, 6) is 0.947. The number of hydrogen-bond acceptors (Lipinski definition) is 1. The van der Waals surface area contributed by atoms with Gasteiger partial charge in [-0.15, -0.1) is 0 Å². The Labute approximate surface area is 92.1 Å². The summed E-state index contributed by atoms with van der Waals surface area (Å²) in [6, 6.07) is 8.52. The van der Waals surface area contributed by atoms with Crippen LogP contribution in [-0.4, -0.2) is 27.2 Å². The third kappa shape index (κ3) is 2.15. The molecule has 0 saturated carbocycles. The summed E-state index contributed by atoms with van der Waals surface area (Å²) >= 11 is 0. The Morgan fingerprint density at radius 3 is 2.13 bits per heavy atom. The minimum absolute atomic E-state index is 0.947. The Hall–Kier alpha value is -1.02. The van der Waals surface area contributed by atoms with Gasteiger partial charge in [-0.25, -0.2) is 0 Å². The van der Waals surface area contributed by atoms with E-state index in [1.807, 2.05) is 0 Å². The summed E-state index contributed by atoms with van der Waals surface area (Å²) in [6.07, 6.45) is 4.09. The monoisotopic (exact) mass is 206 g/mol. The highest BCUT2D eigenvalue weighted by atomic mass is 16.5. The highest BCUT2D eigenvalue weighted by molar-refractivity contribution is 5.45. The first-order valence-electron chi connectivity index (χ1n) is 5.74. The van der Waals surface area contributed by atoms with Crippen LogP contribution in [0.5, 0.6) is 5.75 Å². The maximum Gasteiger partial charge on any atom is 0.132 e. The summed E-state index contributed by atoms with van der Waals surface area (Å²) in [5, 5.41) is 0. The van der Waals surface area contributed by atoms with Crippen molar-refractivity contribution in [3.05, 3.63) is 24.3 Å². The number of nitrogens with zero attached hydrogens (tertiary/aromatic N) is 1. The SMILES string of the molecule is COc1ccc([N+]2(C)CCCCC2)cc1. The molecule has 0 radical (unpaired) electrons. The van der Waals surface area contributed by atoms with E-state index >= 15 is 0 Å². The average molecular weight is 206 g/mol. The second kappa shape index (κ2) is 4.23. The van der Waals surface area contributed by atoms with Crippen LogP contribution >= 0.6 is 0 Å². The molecule has 0 bridgehead atoms. The predicted octanol–water partition coefficient (Wildman–Crippen LogP) is 2.82. The fourth-order valence-electron chi connectivity index (χ4n) is 2.41. The quantitative estimate of drug-likeness (QED) is 0.676. The van der Waals surface area contributed by atoms with E-state index in [4.69, 9.17) is 4.74 Å². The average Bonchev–Trinajstić information content (AvgIpc) is 2.30. The van der Waals surface area contributed by atoms with Crippen molar-refractivity contribution in [2.75, 3.05) is 27.2 Å². The van der Waals surface area contributed by atoms with Gasteiger partial charge < -0.3 is 4.74 Å². The molecule has 2 nitrogen and oxygen atoms in total. The fraction of sp³-hybridized carbons (Fsp3) is 0.538. The summed E-state index contributed by atoms with van der Waals surface area (Å²) in [6.45, 7) is 2.54. The Kier molecular flexibility index (Phi) is 2.96. The molecule has 0 aliphatic carbocycles. The van der Waals surface area contributed by atoms with Crippen molar-refractivity contribution < 1.29 is 4.74 Å². The molecule has 1 aliphatic rings. The van der Waals surface area contributed by atoms with E-state index in [1.54, 1.807) is 7.11 Å². The van der Waals surface area contributed by atoms with Gasteiger partial charge in [-0.1, -0.05) is 0 Å². The first-order chi connectivity index (χ1) is 7.24. The minimum Gasteiger partial charge on any atom is -0.497 e. The van der Waals surface area contributed by atoms with E-state index in [9.17, 15) is 0 Å². The molecule has 0 unspecified atom stereocenters. The van der Waals surface area contributed by atoms with Crippen LogP contribution in [0, 0.1) is 0 Å². The summed E-state index contributed by atoms with van der Waals surface area (Å²) in [4.78, 5) is 0. The first kappa shape index (κ1) is 10.5. The second-order valence-corrected chi connectivity index (χ2v) is 4.60. The molecule has 1 aromatic carbocycles. The summed E-state index contributed by atoms with van der Waals surface area (Å²) < 4.78 is 6.27. The minimum atomic E-state index is 0.947. The number of likely N-dealkylation sites (tertiary alicyclic amines) is 1. The van der Waals surface area contributed by atoms with Gasteiger partial charge in [0, 0.05) is 12.1 Å². The number of quaternary nitrogens is 1. The van der Waals surface area contributed by atoms with Gasteiger partial charge in [0.1, 0.15) is 11.4 Å². The smallest absolute Gasteiger partial charge is 0.132 e. The number of hydrogen-bond donors (Lipinski definition) is 0. The van der Waals surface area contributed by atoms with Crippen LogP contribution in [0.3, 0.4) is 0 Å². The normalized spacial score (nSPS) is 19.9. The molecule has 0 amide bonds. The van der Waals surface area contributed by atoms with Gasteiger partial charge in [-0.3, -0.25) is 4.48 Å². The molecule has 0 spiro atoms. The summed E-state index contributed by atoms with van der Waals surface area (Å²) in [7, 11) is 4.05. The molecular formula is C13H20NO+. The molecule has 2 heteroatoms. The Bertz CT molecular complexity index is 312. The first-order valence-corrected chi connectivity index (χ1v) is 5.74. The molecule has 1 fully saturated rings. The molecule has 15 heavy (non-hydrogen) atoms. The molecule has 1 heterocycles. The van der Waals surface area contributed by atoms with Crippen LogP contribution in [-0.2, 0) is 0 Å². The number of rotatable bonds is 2. The number of piperidine rings is 1. The molecule has 1 aromatic rings. The van der Waals surface area contributed by atoms with Crippen LogP contribution in [0.1, 0.15) is 19.3 Å². The van der Waals surface area contributed by atoms with Crippen molar-refractivity contribution in [1.29, 1.82) is 0 Å². The maximum absolute atomic E-state index is 5.18. The van der Waals surface area contributed by atoms with Gasteiger partial charge in [0.25, 0.3) is 0 Å². The topological polar surface area (TPSA) is 9.23 Å². The fourth-order valence-corrected chi connectivity index (χ4v) is 2.41. The predicted molar refractivity (Wildman–Crippen MR) is 64.3 cm³/mol. The zero-order chi connectivity index (χ0) is 10.7. The lowest BCUT2D eigenvalue weighted by molar-refractivity contribution is 0.274. The van der Waals surface area contributed by atoms with Crippen LogP contribution in [0.15, 0.2) is 24.3 Å². The lowest BCUT2D eigenvalue weighted by atomic mass is 10.1. The lowest BCUT2D eigenvalue weighted by Crippen LogP contribution is -2.48. The van der Waals surface area contributed by atoms with Gasteiger partial charge >= 0.3 is 0 Å². The van der Waals surface area contributed by atoms with Crippen LogP contribution < -0.4 is 9.22 Å². The molecule has 0 aromatic heterocycles. The van der Waals surface area contributed by atoms with Gasteiger partial charge in [0.05, 0.1) is 27.2 Å².